The normalized spacial score (nSPS) is 21.8. The molecule has 0 aromatic heterocycles. The quantitative estimate of drug-likeness (QED) is 0.818. The molecule has 0 bridgehead atoms. The van der Waals surface area contributed by atoms with E-state index in [0.29, 0.717) is 5.54 Å². The molecule has 1 aliphatic rings. The van der Waals surface area contributed by atoms with Gasteiger partial charge in [0.15, 0.2) is 0 Å². The minimum Gasteiger partial charge on any atom is -0.375 e. The van der Waals surface area contributed by atoms with Gasteiger partial charge in [-0.2, -0.15) is 0 Å². The zero-order chi connectivity index (χ0) is 13.6. The fourth-order valence-corrected chi connectivity index (χ4v) is 2.61. The zero-order valence-corrected chi connectivity index (χ0v) is 13.0. The average Bonchev–Trinajstić information content (AvgIpc) is 2.50. The van der Waals surface area contributed by atoms with E-state index in [9.17, 15) is 0 Å². The Morgan fingerprint density at radius 2 is 1.89 bits per heavy atom. The van der Waals surface area contributed by atoms with Crippen molar-refractivity contribution in [1.82, 2.24) is 10.2 Å². The Morgan fingerprint density at radius 1 is 1.22 bits per heavy atom. The average molecular weight is 256 g/mol. The van der Waals surface area contributed by atoms with Crippen molar-refractivity contribution in [3.8, 4) is 0 Å². The molecule has 0 atom stereocenters. The van der Waals surface area contributed by atoms with Crippen LogP contribution in [0.5, 0.6) is 0 Å². The van der Waals surface area contributed by atoms with Crippen LogP contribution in [0.3, 0.4) is 0 Å². The van der Waals surface area contributed by atoms with Crippen LogP contribution >= 0.6 is 0 Å². The fourth-order valence-electron chi connectivity index (χ4n) is 2.61. The molecule has 1 N–H and O–H groups in total. The highest BCUT2D eigenvalue weighted by Crippen LogP contribution is 2.19. The monoisotopic (exact) mass is 256 g/mol. The van der Waals surface area contributed by atoms with Crippen LogP contribution in [0.15, 0.2) is 0 Å². The first-order valence-electron chi connectivity index (χ1n) is 7.52. The topological polar surface area (TPSA) is 24.5 Å². The second kappa shape index (κ2) is 6.88. The van der Waals surface area contributed by atoms with Crippen molar-refractivity contribution in [2.45, 2.75) is 65.0 Å². The van der Waals surface area contributed by atoms with Crippen molar-refractivity contribution >= 4 is 0 Å². The van der Waals surface area contributed by atoms with Crippen LogP contribution < -0.4 is 5.32 Å². The summed E-state index contributed by atoms with van der Waals surface area (Å²) in [6.45, 7) is 16.4. The SMILES string of the molecule is CCC1(CC)CN(CCOC(C)(C)C)CCCN1. The lowest BCUT2D eigenvalue weighted by atomic mass is 9.92. The summed E-state index contributed by atoms with van der Waals surface area (Å²) in [6, 6.07) is 0. The summed E-state index contributed by atoms with van der Waals surface area (Å²) in [5.74, 6) is 0. The van der Waals surface area contributed by atoms with Gasteiger partial charge in [-0.1, -0.05) is 13.8 Å². The maximum atomic E-state index is 5.85. The molecule has 108 valence electrons. The van der Waals surface area contributed by atoms with Gasteiger partial charge in [-0.3, -0.25) is 4.90 Å². The molecule has 18 heavy (non-hydrogen) atoms. The summed E-state index contributed by atoms with van der Waals surface area (Å²) in [7, 11) is 0. The van der Waals surface area contributed by atoms with Gasteiger partial charge in [0.1, 0.15) is 0 Å². The van der Waals surface area contributed by atoms with E-state index in [0.717, 1.165) is 26.2 Å². The van der Waals surface area contributed by atoms with Gasteiger partial charge >= 0.3 is 0 Å². The van der Waals surface area contributed by atoms with E-state index < -0.39 is 0 Å². The summed E-state index contributed by atoms with van der Waals surface area (Å²) in [4.78, 5) is 2.57. The first-order valence-corrected chi connectivity index (χ1v) is 7.52. The summed E-state index contributed by atoms with van der Waals surface area (Å²) < 4.78 is 5.85. The van der Waals surface area contributed by atoms with E-state index in [1.54, 1.807) is 0 Å². The van der Waals surface area contributed by atoms with Gasteiger partial charge in [-0.15, -0.1) is 0 Å². The second-order valence-corrected chi connectivity index (χ2v) is 6.50. The molecular weight excluding hydrogens is 224 g/mol. The van der Waals surface area contributed by atoms with Crippen LogP contribution in [-0.2, 0) is 4.74 Å². The number of hydrogen-bond acceptors (Lipinski definition) is 3. The van der Waals surface area contributed by atoms with Crippen molar-refractivity contribution in [2.75, 3.05) is 32.8 Å². The first kappa shape index (κ1) is 15.9. The lowest BCUT2D eigenvalue weighted by Gasteiger charge is -2.35. The standard InChI is InChI=1S/C15H32N2O/c1-6-15(7-2)13-17(10-8-9-16-15)11-12-18-14(3,4)5/h16H,6-13H2,1-5H3. The van der Waals surface area contributed by atoms with Gasteiger partial charge in [0.05, 0.1) is 12.2 Å². The molecule has 0 aromatic carbocycles. The Hall–Kier alpha value is -0.120. The van der Waals surface area contributed by atoms with E-state index in [1.165, 1.54) is 25.8 Å². The van der Waals surface area contributed by atoms with Crippen LogP contribution in [0.25, 0.3) is 0 Å². The maximum Gasteiger partial charge on any atom is 0.0600 e. The Morgan fingerprint density at radius 3 is 2.44 bits per heavy atom. The van der Waals surface area contributed by atoms with Gasteiger partial charge in [0.2, 0.25) is 0 Å². The molecule has 3 nitrogen and oxygen atoms in total. The Labute approximate surface area is 113 Å². The van der Waals surface area contributed by atoms with Crippen LogP contribution in [0, 0.1) is 0 Å². The third kappa shape index (κ3) is 5.25. The minimum absolute atomic E-state index is 0.0172. The van der Waals surface area contributed by atoms with Crippen molar-refractivity contribution in [1.29, 1.82) is 0 Å². The van der Waals surface area contributed by atoms with Crippen molar-refractivity contribution < 1.29 is 4.74 Å². The van der Waals surface area contributed by atoms with Gasteiger partial charge in [0, 0.05) is 18.6 Å². The molecule has 0 saturated carbocycles. The zero-order valence-electron chi connectivity index (χ0n) is 13.0. The predicted octanol–water partition coefficient (Wildman–Crippen LogP) is 2.66. The summed E-state index contributed by atoms with van der Waals surface area (Å²) >= 11 is 0. The molecule has 3 heteroatoms. The fraction of sp³-hybridized carbons (Fsp3) is 1.00. The number of nitrogens with zero attached hydrogens (tertiary/aromatic N) is 1. The van der Waals surface area contributed by atoms with Crippen LogP contribution in [0.4, 0.5) is 0 Å². The second-order valence-electron chi connectivity index (χ2n) is 6.50. The number of nitrogens with one attached hydrogen (secondary N) is 1. The van der Waals surface area contributed by atoms with E-state index in [2.05, 4.69) is 44.8 Å². The molecule has 1 rings (SSSR count). The Balaban J connectivity index is 2.44. The predicted molar refractivity (Wildman–Crippen MR) is 78.1 cm³/mol. The molecule has 0 unspecified atom stereocenters. The van der Waals surface area contributed by atoms with Gasteiger partial charge in [-0.05, 0) is 53.1 Å². The molecule has 0 radical (unpaired) electrons. The van der Waals surface area contributed by atoms with E-state index in [-0.39, 0.29) is 5.60 Å². The van der Waals surface area contributed by atoms with E-state index in [1.807, 2.05) is 0 Å². The lowest BCUT2D eigenvalue weighted by Crippen LogP contribution is -2.51. The number of rotatable bonds is 5. The highest BCUT2D eigenvalue weighted by Gasteiger charge is 2.30. The van der Waals surface area contributed by atoms with Crippen molar-refractivity contribution in [3.05, 3.63) is 0 Å². The molecule has 0 aromatic rings. The van der Waals surface area contributed by atoms with Crippen LogP contribution in [0.2, 0.25) is 0 Å². The first-order chi connectivity index (χ1) is 8.41. The summed E-state index contributed by atoms with van der Waals surface area (Å²) in [5, 5.41) is 3.75. The maximum absolute atomic E-state index is 5.85. The smallest absolute Gasteiger partial charge is 0.0600 e. The summed E-state index contributed by atoms with van der Waals surface area (Å²) in [6.07, 6.45) is 3.66. The molecule has 1 fully saturated rings. The summed E-state index contributed by atoms with van der Waals surface area (Å²) in [5.41, 5.74) is 0.301. The van der Waals surface area contributed by atoms with E-state index in [4.69, 9.17) is 4.74 Å². The Bertz CT molecular complexity index is 231. The van der Waals surface area contributed by atoms with Crippen LogP contribution in [-0.4, -0.2) is 48.8 Å². The minimum atomic E-state index is -0.0172. The number of hydrogen-bond donors (Lipinski definition) is 1. The van der Waals surface area contributed by atoms with Crippen molar-refractivity contribution in [3.63, 3.8) is 0 Å². The third-order valence-corrected chi connectivity index (χ3v) is 3.97. The molecule has 1 heterocycles. The molecular formula is C15H32N2O. The van der Waals surface area contributed by atoms with Gasteiger partial charge in [0.25, 0.3) is 0 Å². The number of ether oxygens (including phenoxy) is 1. The highest BCUT2D eigenvalue weighted by molar-refractivity contribution is 4.91. The van der Waals surface area contributed by atoms with E-state index >= 15 is 0 Å². The molecule has 0 amide bonds. The van der Waals surface area contributed by atoms with Gasteiger partial charge in [-0.25, -0.2) is 0 Å². The lowest BCUT2D eigenvalue weighted by molar-refractivity contribution is -0.0147. The van der Waals surface area contributed by atoms with Gasteiger partial charge < -0.3 is 10.1 Å². The Kier molecular flexibility index (Phi) is 6.09. The van der Waals surface area contributed by atoms with Crippen molar-refractivity contribution in [2.24, 2.45) is 0 Å². The molecule has 1 aliphatic heterocycles. The largest absolute Gasteiger partial charge is 0.375 e. The highest BCUT2D eigenvalue weighted by atomic mass is 16.5. The van der Waals surface area contributed by atoms with Crippen LogP contribution in [0.1, 0.15) is 53.9 Å². The third-order valence-electron chi connectivity index (χ3n) is 3.97. The molecule has 1 saturated heterocycles. The molecule has 0 spiro atoms. The molecule has 0 aliphatic carbocycles.